The zero-order valence-corrected chi connectivity index (χ0v) is 16.0. The first-order valence-electron chi connectivity index (χ1n) is 7.92. The monoisotopic (exact) mass is 422 g/mol. The maximum atomic E-state index is 11.6. The lowest BCUT2D eigenvalue weighted by atomic mass is 10.3. The Hall–Kier alpha value is -3.10. The van der Waals surface area contributed by atoms with Crippen LogP contribution in [0.15, 0.2) is 58.7 Å². The number of nitrogens with one attached hydrogen (secondary N) is 2. The van der Waals surface area contributed by atoms with Crippen LogP contribution in [0.1, 0.15) is 0 Å². The fourth-order valence-electron chi connectivity index (χ4n) is 1.76. The number of carbonyl (C=O) groups is 2. The van der Waals surface area contributed by atoms with Crippen LogP contribution >= 0.6 is 23.2 Å². The number of amides is 2. The van der Waals surface area contributed by atoms with Crippen LogP contribution in [0.25, 0.3) is 0 Å². The third kappa shape index (κ3) is 8.52. The lowest BCUT2D eigenvalue weighted by Crippen LogP contribution is -2.25. The fourth-order valence-corrected chi connectivity index (χ4v) is 2.12. The lowest BCUT2D eigenvalue weighted by Gasteiger charge is -2.05. The summed E-state index contributed by atoms with van der Waals surface area (Å²) in [4.78, 5) is 23.1. The second-order valence-electron chi connectivity index (χ2n) is 5.12. The molecule has 2 N–H and O–H groups in total. The third-order valence-electron chi connectivity index (χ3n) is 2.93. The van der Waals surface area contributed by atoms with Gasteiger partial charge in [0.05, 0.1) is 12.4 Å². The molecule has 0 unspecified atom stereocenters. The van der Waals surface area contributed by atoms with Crippen molar-refractivity contribution in [3.8, 4) is 11.5 Å². The van der Waals surface area contributed by atoms with Crippen LogP contribution in [0.2, 0.25) is 10.0 Å². The Bertz CT molecular complexity index is 803. The van der Waals surface area contributed by atoms with Crippen LogP contribution in [0.4, 0.5) is 0 Å². The van der Waals surface area contributed by atoms with Crippen LogP contribution in [0.3, 0.4) is 0 Å². The van der Waals surface area contributed by atoms with E-state index in [0.29, 0.717) is 21.5 Å². The number of nitrogens with zero attached hydrogens (tertiary/aromatic N) is 2. The molecule has 2 aromatic carbocycles. The standard InChI is InChI=1S/C18H16Cl2N4O4/c19-13-3-1-5-15(9-13)27-11-17(25)23-21-7-8-22-24-18(26)12-28-16-6-2-4-14(20)10-16/h1-10H,11-12H2,(H,23,25)(H,24,26). The molecule has 2 amide bonds. The Kier molecular flexibility index (Phi) is 8.77. The van der Waals surface area contributed by atoms with Gasteiger partial charge < -0.3 is 9.47 Å². The number of rotatable bonds is 9. The Morgan fingerprint density at radius 1 is 0.821 bits per heavy atom. The molecule has 0 bridgehead atoms. The zero-order chi connectivity index (χ0) is 20.2. The van der Waals surface area contributed by atoms with Crippen molar-refractivity contribution in [2.24, 2.45) is 10.2 Å². The average molecular weight is 423 g/mol. The molecule has 0 heterocycles. The molecule has 0 aliphatic carbocycles. The number of hydrogen-bond acceptors (Lipinski definition) is 6. The van der Waals surface area contributed by atoms with Crippen molar-refractivity contribution >= 4 is 47.4 Å². The summed E-state index contributed by atoms with van der Waals surface area (Å²) in [5.41, 5.74) is 4.48. The van der Waals surface area contributed by atoms with E-state index >= 15 is 0 Å². The maximum absolute atomic E-state index is 11.6. The summed E-state index contributed by atoms with van der Waals surface area (Å²) in [6.45, 7) is -0.460. The van der Waals surface area contributed by atoms with E-state index in [1.165, 1.54) is 12.4 Å². The van der Waals surface area contributed by atoms with Crippen molar-refractivity contribution in [2.45, 2.75) is 0 Å². The van der Waals surface area contributed by atoms with Gasteiger partial charge in [-0.25, -0.2) is 10.9 Å². The van der Waals surface area contributed by atoms with E-state index in [-0.39, 0.29) is 13.2 Å². The zero-order valence-electron chi connectivity index (χ0n) is 14.5. The highest BCUT2D eigenvalue weighted by atomic mass is 35.5. The third-order valence-corrected chi connectivity index (χ3v) is 3.40. The van der Waals surface area contributed by atoms with E-state index in [1.807, 2.05) is 0 Å². The maximum Gasteiger partial charge on any atom is 0.277 e. The van der Waals surface area contributed by atoms with E-state index < -0.39 is 11.8 Å². The van der Waals surface area contributed by atoms with E-state index in [4.69, 9.17) is 32.7 Å². The number of halogens is 2. The van der Waals surface area contributed by atoms with Crippen LogP contribution in [0, 0.1) is 0 Å². The van der Waals surface area contributed by atoms with Gasteiger partial charge in [-0.05, 0) is 36.4 Å². The summed E-state index contributed by atoms with van der Waals surface area (Å²) >= 11 is 11.6. The summed E-state index contributed by atoms with van der Waals surface area (Å²) in [7, 11) is 0. The van der Waals surface area contributed by atoms with Gasteiger partial charge in [0.25, 0.3) is 11.8 Å². The van der Waals surface area contributed by atoms with Gasteiger partial charge in [-0.1, -0.05) is 35.3 Å². The Balaban J connectivity index is 1.60. The molecule has 8 nitrogen and oxygen atoms in total. The molecule has 0 saturated heterocycles. The molecule has 0 fully saturated rings. The molecule has 2 rings (SSSR count). The largest absolute Gasteiger partial charge is 0.484 e. The molecule has 0 aliphatic heterocycles. The number of benzene rings is 2. The minimum Gasteiger partial charge on any atom is -0.484 e. The first-order valence-corrected chi connectivity index (χ1v) is 8.67. The van der Waals surface area contributed by atoms with Gasteiger partial charge in [0.15, 0.2) is 13.2 Å². The Labute approximate surface area is 171 Å². The second-order valence-corrected chi connectivity index (χ2v) is 5.99. The topological polar surface area (TPSA) is 101 Å². The van der Waals surface area contributed by atoms with E-state index in [0.717, 1.165) is 0 Å². The summed E-state index contributed by atoms with van der Waals surface area (Å²) in [6, 6.07) is 13.3. The average Bonchev–Trinajstić information content (AvgIpc) is 2.67. The highest BCUT2D eigenvalue weighted by molar-refractivity contribution is 6.31. The van der Waals surface area contributed by atoms with Crippen molar-refractivity contribution in [1.29, 1.82) is 0 Å². The Morgan fingerprint density at radius 2 is 1.25 bits per heavy atom. The van der Waals surface area contributed by atoms with Gasteiger partial charge in [0.2, 0.25) is 0 Å². The van der Waals surface area contributed by atoms with Gasteiger partial charge in [-0.2, -0.15) is 10.2 Å². The van der Waals surface area contributed by atoms with E-state index in [9.17, 15) is 9.59 Å². The highest BCUT2D eigenvalue weighted by Crippen LogP contribution is 2.17. The number of ether oxygens (including phenoxy) is 2. The van der Waals surface area contributed by atoms with Crippen molar-refractivity contribution in [3.63, 3.8) is 0 Å². The van der Waals surface area contributed by atoms with Crippen LogP contribution in [0.5, 0.6) is 11.5 Å². The fraction of sp³-hybridized carbons (Fsp3) is 0.111. The minimum atomic E-state index is -0.469. The molecule has 28 heavy (non-hydrogen) atoms. The second kappa shape index (κ2) is 11.6. The molecule has 146 valence electrons. The van der Waals surface area contributed by atoms with E-state index in [1.54, 1.807) is 48.5 Å². The first-order chi connectivity index (χ1) is 13.5. The smallest absolute Gasteiger partial charge is 0.277 e. The predicted octanol–water partition coefficient (Wildman–Crippen LogP) is 2.66. The first kappa shape index (κ1) is 21.2. The predicted molar refractivity (Wildman–Crippen MR) is 107 cm³/mol. The van der Waals surface area contributed by atoms with Crippen LogP contribution in [-0.4, -0.2) is 37.5 Å². The molecular weight excluding hydrogens is 407 g/mol. The van der Waals surface area contributed by atoms with Gasteiger partial charge in [0.1, 0.15) is 11.5 Å². The number of hydrogen-bond donors (Lipinski definition) is 2. The quantitative estimate of drug-likeness (QED) is 0.478. The molecule has 0 saturated carbocycles. The number of hydrazone groups is 2. The van der Waals surface area contributed by atoms with Crippen molar-refractivity contribution in [1.82, 2.24) is 10.9 Å². The Morgan fingerprint density at radius 3 is 1.64 bits per heavy atom. The summed E-state index contributed by atoms with van der Waals surface area (Å²) in [6.07, 6.45) is 2.38. The summed E-state index contributed by atoms with van der Waals surface area (Å²) in [5, 5.41) is 8.26. The molecule has 0 aromatic heterocycles. The lowest BCUT2D eigenvalue weighted by molar-refractivity contribution is -0.123. The minimum absolute atomic E-state index is 0.230. The van der Waals surface area contributed by atoms with Crippen molar-refractivity contribution in [2.75, 3.05) is 13.2 Å². The van der Waals surface area contributed by atoms with Gasteiger partial charge in [0, 0.05) is 10.0 Å². The van der Waals surface area contributed by atoms with Crippen molar-refractivity contribution < 1.29 is 19.1 Å². The van der Waals surface area contributed by atoms with Crippen LogP contribution in [-0.2, 0) is 9.59 Å². The molecule has 2 aromatic rings. The highest BCUT2D eigenvalue weighted by Gasteiger charge is 2.02. The van der Waals surface area contributed by atoms with Gasteiger partial charge in [-0.3, -0.25) is 9.59 Å². The molecule has 0 spiro atoms. The molecular formula is C18H16Cl2N4O4. The molecule has 10 heteroatoms. The van der Waals surface area contributed by atoms with Gasteiger partial charge in [-0.15, -0.1) is 0 Å². The molecule has 0 aliphatic rings. The SMILES string of the molecule is O=C(COc1cccc(Cl)c1)NN=CC=NNC(=O)COc1cccc(Cl)c1. The van der Waals surface area contributed by atoms with Gasteiger partial charge >= 0.3 is 0 Å². The van der Waals surface area contributed by atoms with Crippen LogP contribution < -0.4 is 20.3 Å². The van der Waals surface area contributed by atoms with Crippen molar-refractivity contribution in [3.05, 3.63) is 58.6 Å². The summed E-state index contributed by atoms with van der Waals surface area (Å²) < 4.78 is 10.5. The molecule has 0 radical (unpaired) electrons. The number of carbonyl (C=O) groups excluding carboxylic acids is 2. The normalized spacial score (nSPS) is 10.8. The molecule has 0 atom stereocenters. The summed E-state index contributed by atoms with van der Waals surface area (Å²) in [5.74, 6) is -0.000962. The van der Waals surface area contributed by atoms with E-state index in [2.05, 4.69) is 21.1 Å².